The fourth-order valence-electron chi connectivity index (χ4n) is 9.34. The van der Waals surface area contributed by atoms with Gasteiger partial charge >= 0.3 is 5.97 Å². The van der Waals surface area contributed by atoms with Gasteiger partial charge in [-0.05, 0) is 119 Å². The molecule has 0 saturated heterocycles. The van der Waals surface area contributed by atoms with Gasteiger partial charge in [0.05, 0.1) is 60.5 Å². The van der Waals surface area contributed by atoms with Crippen molar-refractivity contribution in [1.29, 1.82) is 0 Å². The Bertz CT molecular complexity index is 2970. The Labute approximate surface area is 397 Å². The summed E-state index contributed by atoms with van der Waals surface area (Å²) >= 11 is 13.8. The highest BCUT2D eigenvalue weighted by Crippen LogP contribution is 2.46. The molecule has 0 spiro atoms. The number of carbonyl (C=O) groups is 2. The van der Waals surface area contributed by atoms with E-state index in [1.54, 1.807) is 19.4 Å². The van der Waals surface area contributed by atoms with Gasteiger partial charge in [0.2, 0.25) is 0 Å². The number of halogens is 2. The number of ether oxygens (including phenoxy) is 4. The predicted octanol–water partition coefficient (Wildman–Crippen LogP) is 11.8. The molecule has 3 aromatic carbocycles. The SMILES string of the molecule is COC(=O)c1cc2c(OC)ccc(N3C[C@@H](C)n4c(c(CCCOc5cc(C)c(Cl)c(C)c5)c5ccc(Cl)c(-c6c(C)nn(COCC[Si](C)(C)C)c6C)c54)C3=O)c2n1Cc1ccccn1. The third-order valence-corrected chi connectivity index (χ3v) is 15.2. The number of hydrogen-bond donors (Lipinski definition) is 0. The van der Waals surface area contributed by atoms with Crippen LogP contribution in [0.15, 0.2) is 66.9 Å². The van der Waals surface area contributed by atoms with E-state index in [1.165, 1.54) is 7.11 Å². The molecule has 1 amide bonds. The minimum Gasteiger partial charge on any atom is -0.496 e. The molecule has 0 unspecified atom stereocenters. The summed E-state index contributed by atoms with van der Waals surface area (Å²) in [5.41, 5.74) is 10.1. The lowest BCUT2D eigenvalue weighted by Gasteiger charge is -2.35. The van der Waals surface area contributed by atoms with Crippen molar-refractivity contribution in [2.24, 2.45) is 0 Å². The highest BCUT2D eigenvalue weighted by Gasteiger charge is 2.38. The van der Waals surface area contributed by atoms with Crippen LogP contribution in [0.25, 0.3) is 32.9 Å². The van der Waals surface area contributed by atoms with Crippen molar-refractivity contribution >= 4 is 70.6 Å². The number of fused-ring (bicyclic) bond motifs is 4. The van der Waals surface area contributed by atoms with Gasteiger partial charge in [-0.25, -0.2) is 9.48 Å². The molecule has 8 rings (SSSR count). The van der Waals surface area contributed by atoms with Crippen molar-refractivity contribution in [3.8, 4) is 22.6 Å². The van der Waals surface area contributed by atoms with Gasteiger partial charge in [-0.3, -0.25) is 9.78 Å². The van der Waals surface area contributed by atoms with Crippen molar-refractivity contribution in [1.82, 2.24) is 23.9 Å². The van der Waals surface area contributed by atoms with Crippen LogP contribution in [-0.4, -0.2) is 77.8 Å². The number of anilines is 1. The number of nitrogens with zero attached hydrogens (tertiary/aromatic N) is 6. The van der Waals surface area contributed by atoms with Crippen molar-refractivity contribution in [3.63, 3.8) is 0 Å². The topological polar surface area (TPSA) is 115 Å². The number of benzene rings is 3. The van der Waals surface area contributed by atoms with E-state index in [0.29, 0.717) is 78.1 Å². The summed E-state index contributed by atoms with van der Waals surface area (Å²) in [4.78, 5) is 35.6. The van der Waals surface area contributed by atoms with Crippen LogP contribution in [0.5, 0.6) is 11.5 Å². The molecule has 0 bridgehead atoms. The second-order valence-electron chi connectivity index (χ2n) is 18.5. The Hall–Kier alpha value is -5.60. The van der Waals surface area contributed by atoms with Crippen molar-refractivity contribution in [3.05, 3.63) is 122 Å². The number of hydrogen-bond acceptors (Lipinski definition) is 8. The lowest BCUT2D eigenvalue weighted by molar-refractivity contribution is 0.0589. The molecule has 0 radical (unpaired) electrons. The summed E-state index contributed by atoms with van der Waals surface area (Å²) in [6.45, 7) is 19.1. The molecule has 5 heterocycles. The zero-order valence-corrected chi connectivity index (χ0v) is 42.0. The number of amides is 1. The van der Waals surface area contributed by atoms with E-state index in [4.69, 9.17) is 47.2 Å². The molecule has 1 aliphatic heterocycles. The molecule has 4 aromatic heterocycles. The molecule has 0 saturated carbocycles. The molecule has 0 aliphatic carbocycles. The molecular formula is C51H58Cl2N6O6Si. The third-order valence-electron chi connectivity index (χ3n) is 12.6. The fourth-order valence-corrected chi connectivity index (χ4v) is 10.5. The number of aromatic nitrogens is 5. The smallest absolute Gasteiger partial charge is 0.354 e. The number of aryl methyl sites for hydroxylation is 4. The Kier molecular flexibility index (Phi) is 13.5. The van der Waals surface area contributed by atoms with Crippen molar-refractivity contribution in [2.75, 3.05) is 38.9 Å². The minimum absolute atomic E-state index is 0.178. The molecule has 15 heteroatoms. The molecular weight excluding hydrogens is 892 g/mol. The lowest BCUT2D eigenvalue weighted by atomic mass is 9.98. The maximum Gasteiger partial charge on any atom is 0.354 e. The van der Waals surface area contributed by atoms with E-state index in [0.717, 1.165) is 72.6 Å². The zero-order valence-electron chi connectivity index (χ0n) is 39.5. The van der Waals surface area contributed by atoms with Gasteiger partial charge in [0.15, 0.2) is 0 Å². The van der Waals surface area contributed by atoms with Crippen LogP contribution < -0.4 is 14.4 Å². The summed E-state index contributed by atoms with van der Waals surface area (Å²) in [7, 11) is 1.67. The summed E-state index contributed by atoms with van der Waals surface area (Å²) in [6.07, 6.45) is 2.89. The summed E-state index contributed by atoms with van der Waals surface area (Å²) in [5, 5.41) is 7.87. The van der Waals surface area contributed by atoms with Crippen LogP contribution >= 0.6 is 23.2 Å². The maximum absolute atomic E-state index is 15.7. The molecule has 1 aliphatic rings. The number of pyridine rings is 1. The van der Waals surface area contributed by atoms with Gasteiger partial charge in [-0.2, -0.15) is 5.10 Å². The van der Waals surface area contributed by atoms with E-state index in [2.05, 4.69) is 43.0 Å². The van der Waals surface area contributed by atoms with Crippen LogP contribution in [0.4, 0.5) is 5.69 Å². The normalized spacial score (nSPS) is 14.1. The Morgan fingerprint density at radius 3 is 2.35 bits per heavy atom. The minimum atomic E-state index is -1.28. The van der Waals surface area contributed by atoms with E-state index < -0.39 is 14.0 Å². The fraction of sp³-hybridized carbons (Fsp3) is 0.373. The summed E-state index contributed by atoms with van der Waals surface area (Å²) in [6, 6.07) is 19.9. The Morgan fingerprint density at radius 2 is 1.67 bits per heavy atom. The largest absolute Gasteiger partial charge is 0.496 e. The molecule has 0 N–H and O–H groups in total. The first-order valence-corrected chi connectivity index (χ1v) is 26.9. The van der Waals surface area contributed by atoms with Crippen LogP contribution in [0.3, 0.4) is 0 Å². The van der Waals surface area contributed by atoms with Crippen LogP contribution in [0.2, 0.25) is 35.7 Å². The van der Waals surface area contributed by atoms with Gasteiger partial charge in [0.25, 0.3) is 5.91 Å². The average molecular weight is 950 g/mol. The molecule has 7 aromatic rings. The van der Waals surface area contributed by atoms with Gasteiger partial charge in [-0.15, -0.1) is 0 Å². The highest BCUT2D eigenvalue weighted by molar-refractivity contribution is 6.76. The molecule has 346 valence electrons. The van der Waals surface area contributed by atoms with Gasteiger partial charge in [-0.1, -0.05) is 55.0 Å². The summed E-state index contributed by atoms with van der Waals surface area (Å²) < 4.78 is 29.6. The third kappa shape index (κ3) is 8.86. The molecule has 1 atom stereocenters. The first-order valence-electron chi connectivity index (χ1n) is 22.4. The second-order valence-corrected chi connectivity index (χ2v) is 24.9. The monoisotopic (exact) mass is 948 g/mol. The average Bonchev–Trinajstić information content (AvgIpc) is 3.92. The standard InChI is InChI=1S/C51H58Cl2N6O6Si/c1-30-24-36(25-31(2)46(30)53)65-21-13-15-37-38-16-17-40(52)45(44-33(4)55-58(34(44)5)29-64-22-23-66(8,9)10)48(38)59-32(3)27-57(50(60)49(37)59)41-18-19-43(62-6)39-26-42(51(61)63-7)56(47(39)41)28-35-14-11-12-20-54-35/h11-12,14,16-20,24-26,32H,13,15,21-23,27-29H2,1-10H3/t32-/m1/s1. The lowest BCUT2D eigenvalue weighted by Crippen LogP contribution is -2.43. The second kappa shape index (κ2) is 18.9. The first-order chi connectivity index (χ1) is 31.5. The zero-order chi connectivity index (χ0) is 47.2. The van der Waals surface area contributed by atoms with Gasteiger partial charge < -0.3 is 33.0 Å². The molecule has 66 heavy (non-hydrogen) atoms. The number of esters is 1. The van der Waals surface area contributed by atoms with Crippen molar-refractivity contribution < 1.29 is 28.5 Å². The van der Waals surface area contributed by atoms with Gasteiger partial charge in [0.1, 0.15) is 29.6 Å². The molecule has 12 nitrogen and oxygen atoms in total. The predicted molar refractivity (Wildman–Crippen MR) is 266 cm³/mol. The van der Waals surface area contributed by atoms with Crippen LogP contribution in [0.1, 0.15) is 74.1 Å². The number of carbonyl (C=O) groups excluding carboxylic acids is 2. The first kappa shape index (κ1) is 46.9. The van der Waals surface area contributed by atoms with Crippen LogP contribution in [0, 0.1) is 27.7 Å². The van der Waals surface area contributed by atoms with Crippen molar-refractivity contribution in [2.45, 2.75) is 92.5 Å². The van der Waals surface area contributed by atoms with Gasteiger partial charge in [0, 0.05) is 66.1 Å². The summed E-state index contributed by atoms with van der Waals surface area (Å²) in [5.74, 6) is 0.615. The molecule has 0 fully saturated rings. The Morgan fingerprint density at radius 1 is 0.909 bits per heavy atom. The highest BCUT2D eigenvalue weighted by atomic mass is 35.5. The van der Waals surface area contributed by atoms with Crippen LogP contribution in [-0.2, 0) is 29.2 Å². The maximum atomic E-state index is 15.7. The van der Waals surface area contributed by atoms with E-state index in [-0.39, 0.29) is 18.5 Å². The van der Waals surface area contributed by atoms with E-state index in [1.807, 2.05) is 89.5 Å². The quantitative estimate of drug-likeness (QED) is 0.0534. The Balaban J connectivity index is 1.28. The van der Waals surface area contributed by atoms with E-state index in [9.17, 15) is 4.79 Å². The number of methoxy groups -OCH3 is 2. The van der Waals surface area contributed by atoms with E-state index >= 15 is 4.79 Å². The number of rotatable bonds is 16.